The highest BCUT2D eigenvalue weighted by Crippen LogP contribution is 2.24. The monoisotopic (exact) mass is 315 g/mol. The molecule has 2 aromatic heterocycles. The highest BCUT2D eigenvalue weighted by atomic mass is 79.9. The Morgan fingerprint density at radius 3 is 2.88 bits per heavy atom. The number of anilines is 1. The first kappa shape index (κ1) is 12.4. The molecule has 0 fully saturated rings. The first-order chi connectivity index (χ1) is 8.06. The third-order valence-corrected chi connectivity index (χ3v) is 2.99. The average Bonchev–Trinajstić information content (AvgIpc) is 2.67. The molecule has 0 aliphatic rings. The van der Waals surface area contributed by atoms with Crippen molar-refractivity contribution in [3.63, 3.8) is 0 Å². The Kier molecular flexibility index (Phi) is 3.69. The fourth-order valence-corrected chi connectivity index (χ4v) is 2.11. The molecular formula is C11H11BrClN3O. The average molecular weight is 317 g/mol. The molecule has 0 N–H and O–H groups in total. The van der Waals surface area contributed by atoms with Crippen LogP contribution in [-0.4, -0.2) is 17.0 Å². The molecule has 6 heteroatoms. The van der Waals surface area contributed by atoms with E-state index in [4.69, 9.17) is 16.0 Å². The van der Waals surface area contributed by atoms with Crippen molar-refractivity contribution >= 4 is 33.3 Å². The van der Waals surface area contributed by atoms with Crippen LogP contribution in [0, 0.1) is 6.92 Å². The van der Waals surface area contributed by atoms with Gasteiger partial charge in [0.2, 0.25) is 5.28 Å². The summed E-state index contributed by atoms with van der Waals surface area (Å²) in [6.07, 6.45) is 1.63. The summed E-state index contributed by atoms with van der Waals surface area (Å²) in [7, 11) is 1.92. The Balaban J connectivity index is 2.19. The second-order valence-corrected chi connectivity index (χ2v) is 4.87. The second kappa shape index (κ2) is 5.06. The molecule has 0 aromatic carbocycles. The third-order valence-electron chi connectivity index (χ3n) is 2.25. The maximum atomic E-state index is 5.77. The molecule has 0 saturated heterocycles. The van der Waals surface area contributed by atoms with Gasteiger partial charge in [0.1, 0.15) is 17.3 Å². The predicted molar refractivity (Wildman–Crippen MR) is 70.3 cm³/mol. The van der Waals surface area contributed by atoms with E-state index in [2.05, 4.69) is 25.9 Å². The van der Waals surface area contributed by atoms with Crippen molar-refractivity contribution < 1.29 is 4.42 Å². The van der Waals surface area contributed by atoms with E-state index in [-0.39, 0.29) is 5.28 Å². The van der Waals surface area contributed by atoms with Crippen molar-refractivity contribution in [3.05, 3.63) is 39.6 Å². The number of hydrogen-bond acceptors (Lipinski definition) is 4. The summed E-state index contributed by atoms with van der Waals surface area (Å²) < 4.78 is 6.31. The van der Waals surface area contributed by atoms with Crippen LogP contribution in [0.1, 0.15) is 11.5 Å². The summed E-state index contributed by atoms with van der Waals surface area (Å²) >= 11 is 9.17. The van der Waals surface area contributed by atoms with Crippen molar-refractivity contribution in [1.29, 1.82) is 0 Å². The molecule has 2 aromatic rings. The largest absolute Gasteiger partial charge is 0.464 e. The van der Waals surface area contributed by atoms with Crippen LogP contribution in [0.25, 0.3) is 0 Å². The summed E-state index contributed by atoms with van der Waals surface area (Å²) in [5.74, 6) is 2.51. The lowest BCUT2D eigenvalue weighted by molar-refractivity contribution is 0.481. The second-order valence-electron chi connectivity index (χ2n) is 3.68. The van der Waals surface area contributed by atoms with E-state index in [9.17, 15) is 0 Å². The predicted octanol–water partition coefficient (Wildman–Crippen LogP) is 3.43. The van der Waals surface area contributed by atoms with Gasteiger partial charge in [-0.25, -0.2) is 4.98 Å². The van der Waals surface area contributed by atoms with Gasteiger partial charge in [-0.3, -0.25) is 0 Å². The first-order valence-electron chi connectivity index (χ1n) is 5.01. The first-order valence-corrected chi connectivity index (χ1v) is 6.18. The molecule has 0 aliphatic carbocycles. The van der Waals surface area contributed by atoms with Crippen LogP contribution in [0.15, 0.2) is 27.2 Å². The standard InChI is InChI=1S/C11H11BrClN3O/c1-7-3-4-8(17-7)6-16(2)10-9(12)5-14-11(13)15-10/h3-5H,6H2,1-2H3. The lowest BCUT2D eigenvalue weighted by Crippen LogP contribution is -2.18. The van der Waals surface area contributed by atoms with E-state index in [0.29, 0.717) is 6.54 Å². The minimum absolute atomic E-state index is 0.227. The fraction of sp³-hybridized carbons (Fsp3) is 0.273. The molecular weight excluding hydrogens is 305 g/mol. The number of furan rings is 1. The van der Waals surface area contributed by atoms with Gasteiger partial charge in [-0.05, 0) is 46.6 Å². The maximum absolute atomic E-state index is 5.77. The van der Waals surface area contributed by atoms with Crippen LogP contribution in [0.5, 0.6) is 0 Å². The fourth-order valence-electron chi connectivity index (χ4n) is 1.48. The van der Waals surface area contributed by atoms with Gasteiger partial charge in [-0.1, -0.05) is 0 Å². The van der Waals surface area contributed by atoms with E-state index in [0.717, 1.165) is 21.8 Å². The number of rotatable bonds is 3. The van der Waals surface area contributed by atoms with Gasteiger partial charge in [-0.2, -0.15) is 4.98 Å². The summed E-state index contributed by atoms with van der Waals surface area (Å²) in [6, 6.07) is 3.88. The number of halogens is 2. The Hall–Kier alpha value is -1.07. The third kappa shape index (κ3) is 2.98. The zero-order valence-electron chi connectivity index (χ0n) is 9.44. The summed E-state index contributed by atoms with van der Waals surface area (Å²) in [5, 5.41) is 0.227. The smallest absolute Gasteiger partial charge is 0.224 e. The van der Waals surface area contributed by atoms with Crippen molar-refractivity contribution in [2.24, 2.45) is 0 Å². The van der Waals surface area contributed by atoms with Crippen molar-refractivity contribution in [2.75, 3.05) is 11.9 Å². The number of hydrogen-bond donors (Lipinski definition) is 0. The van der Waals surface area contributed by atoms with Gasteiger partial charge in [0.05, 0.1) is 11.0 Å². The van der Waals surface area contributed by atoms with Crippen LogP contribution in [0.4, 0.5) is 5.82 Å². The van der Waals surface area contributed by atoms with Crippen LogP contribution < -0.4 is 4.90 Å². The molecule has 2 rings (SSSR count). The van der Waals surface area contributed by atoms with E-state index in [1.807, 2.05) is 31.0 Å². The van der Waals surface area contributed by atoms with E-state index >= 15 is 0 Å². The lowest BCUT2D eigenvalue weighted by atomic mass is 10.4. The minimum atomic E-state index is 0.227. The van der Waals surface area contributed by atoms with Crippen molar-refractivity contribution in [1.82, 2.24) is 9.97 Å². The van der Waals surface area contributed by atoms with Crippen molar-refractivity contribution in [3.8, 4) is 0 Å². The van der Waals surface area contributed by atoms with Crippen LogP contribution >= 0.6 is 27.5 Å². The topological polar surface area (TPSA) is 42.2 Å². The normalized spacial score (nSPS) is 10.6. The Labute approximate surface area is 113 Å². The molecule has 2 heterocycles. The molecule has 0 spiro atoms. The molecule has 0 unspecified atom stereocenters. The van der Waals surface area contributed by atoms with Crippen LogP contribution in [0.2, 0.25) is 5.28 Å². The van der Waals surface area contributed by atoms with Gasteiger partial charge in [0, 0.05) is 13.2 Å². The zero-order valence-corrected chi connectivity index (χ0v) is 11.8. The van der Waals surface area contributed by atoms with Crippen LogP contribution in [0.3, 0.4) is 0 Å². The summed E-state index contributed by atoms with van der Waals surface area (Å²) in [4.78, 5) is 10.00. The minimum Gasteiger partial charge on any atom is -0.464 e. The lowest BCUT2D eigenvalue weighted by Gasteiger charge is -2.17. The van der Waals surface area contributed by atoms with Gasteiger partial charge < -0.3 is 9.32 Å². The quantitative estimate of drug-likeness (QED) is 0.814. The van der Waals surface area contributed by atoms with Gasteiger partial charge in [0.15, 0.2) is 0 Å². The highest BCUT2D eigenvalue weighted by molar-refractivity contribution is 9.10. The van der Waals surface area contributed by atoms with E-state index < -0.39 is 0 Å². The van der Waals surface area contributed by atoms with E-state index in [1.54, 1.807) is 6.20 Å². The van der Waals surface area contributed by atoms with Gasteiger partial charge in [0.25, 0.3) is 0 Å². The molecule has 0 atom stereocenters. The molecule has 0 aliphatic heterocycles. The maximum Gasteiger partial charge on any atom is 0.224 e. The van der Waals surface area contributed by atoms with E-state index in [1.165, 1.54) is 0 Å². The summed E-state index contributed by atoms with van der Waals surface area (Å²) in [5.41, 5.74) is 0. The molecule has 90 valence electrons. The number of aromatic nitrogens is 2. The zero-order chi connectivity index (χ0) is 12.4. The van der Waals surface area contributed by atoms with Crippen LogP contribution in [-0.2, 0) is 6.54 Å². The van der Waals surface area contributed by atoms with Crippen molar-refractivity contribution in [2.45, 2.75) is 13.5 Å². The highest BCUT2D eigenvalue weighted by Gasteiger charge is 2.11. The summed E-state index contributed by atoms with van der Waals surface area (Å²) in [6.45, 7) is 2.54. The Morgan fingerprint density at radius 1 is 1.47 bits per heavy atom. The Morgan fingerprint density at radius 2 is 2.24 bits per heavy atom. The molecule has 0 amide bonds. The SMILES string of the molecule is Cc1ccc(CN(C)c2nc(Cl)ncc2Br)o1. The molecule has 0 saturated carbocycles. The van der Waals surface area contributed by atoms with Gasteiger partial charge in [-0.15, -0.1) is 0 Å². The number of nitrogens with zero attached hydrogens (tertiary/aromatic N) is 3. The Bertz CT molecular complexity index is 529. The molecule has 0 bridgehead atoms. The molecule has 0 radical (unpaired) electrons. The molecule has 17 heavy (non-hydrogen) atoms. The number of aryl methyl sites for hydroxylation is 1. The van der Waals surface area contributed by atoms with Gasteiger partial charge >= 0.3 is 0 Å². The molecule has 4 nitrogen and oxygen atoms in total.